The van der Waals surface area contributed by atoms with Gasteiger partial charge in [-0.25, -0.2) is 8.78 Å². The molecule has 0 bridgehead atoms. The molecule has 4 heteroatoms. The number of rotatable bonds is 4. The van der Waals surface area contributed by atoms with E-state index < -0.39 is 6.43 Å². The summed E-state index contributed by atoms with van der Waals surface area (Å²) >= 11 is 0. The fraction of sp³-hybridized carbons (Fsp3) is 1.00. The Morgan fingerprint density at radius 2 is 2.25 bits per heavy atom. The van der Waals surface area contributed by atoms with Crippen molar-refractivity contribution in [2.75, 3.05) is 26.2 Å². The van der Waals surface area contributed by atoms with Gasteiger partial charge in [0.15, 0.2) is 0 Å². The molecule has 2 atom stereocenters. The van der Waals surface area contributed by atoms with Gasteiger partial charge in [-0.2, -0.15) is 0 Å². The summed E-state index contributed by atoms with van der Waals surface area (Å²) < 4.78 is 23.5. The standard InChI is InChI=1S/C8H16F2N2/c1-6-2-11-3-7(6)4-12-5-8(9)10/h6-8,11-12H,2-5H2,1H3/t6-,7+/m1/s1. The van der Waals surface area contributed by atoms with Crippen LogP contribution in [0.5, 0.6) is 0 Å². The maximum absolute atomic E-state index is 11.7. The van der Waals surface area contributed by atoms with Crippen LogP contribution in [0.3, 0.4) is 0 Å². The van der Waals surface area contributed by atoms with Crippen molar-refractivity contribution in [1.29, 1.82) is 0 Å². The highest BCUT2D eigenvalue weighted by molar-refractivity contribution is 4.79. The van der Waals surface area contributed by atoms with E-state index in [4.69, 9.17) is 0 Å². The molecule has 0 aromatic rings. The Morgan fingerprint density at radius 3 is 2.75 bits per heavy atom. The van der Waals surface area contributed by atoms with E-state index in [0.717, 1.165) is 13.1 Å². The van der Waals surface area contributed by atoms with Gasteiger partial charge in [-0.1, -0.05) is 6.92 Å². The molecule has 0 unspecified atom stereocenters. The predicted octanol–water partition coefficient (Wildman–Crippen LogP) is 0.697. The van der Waals surface area contributed by atoms with E-state index in [-0.39, 0.29) is 6.54 Å². The number of hydrogen-bond acceptors (Lipinski definition) is 2. The number of alkyl halides is 2. The molecular formula is C8H16F2N2. The number of hydrogen-bond donors (Lipinski definition) is 2. The van der Waals surface area contributed by atoms with Gasteiger partial charge in [-0.15, -0.1) is 0 Å². The van der Waals surface area contributed by atoms with Crippen LogP contribution >= 0.6 is 0 Å². The minimum absolute atomic E-state index is 0.177. The third kappa shape index (κ3) is 3.03. The Balaban J connectivity index is 2.06. The second-order valence-electron chi connectivity index (χ2n) is 3.44. The lowest BCUT2D eigenvalue weighted by atomic mass is 9.98. The lowest BCUT2D eigenvalue weighted by Crippen LogP contribution is -2.30. The molecule has 12 heavy (non-hydrogen) atoms. The molecule has 0 saturated carbocycles. The van der Waals surface area contributed by atoms with Gasteiger partial charge in [0.25, 0.3) is 6.43 Å². The molecule has 1 heterocycles. The van der Waals surface area contributed by atoms with E-state index in [2.05, 4.69) is 17.6 Å². The Labute approximate surface area is 71.7 Å². The van der Waals surface area contributed by atoms with Crippen molar-refractivity contribution in [1.82, 2.24) is 10.6 Å². The molecule has 0 spiro atoms. The fourth-order valence-electron chi connectivity index (χ4n) is 1.52. The van der Waals surface area contributed by atoms with Crippen molar-refractivity contribution < 1.29 is 8.78 Å². The maximum atomic E-state index is 11.7. The summed E-state index contributed by atoms with van der Waals surface area (Å²) in [5.74, 6) is 1.12. The topological polar surface area (TPSA) is 24.1 Å². The zero-order valence-electron chi connectivity index (χ0n) is 7.32. The molecule has 1 aliphatic rings. The second kappa shape index (κ2) is 4.72. The molecule has 72 valence electrons. The summed E-state index contributed by atoms with van der Waals surface area (Å²) in [6, 6.07) is 0. The second-order valence-corrected chi connectivity index (χ2v) is 3.44. The molecule has 1 rings (SSSR count). The first-order valence-corrected chi connectivity index (χ1v) is 4.39. The van der Waals surface area contributed by atoms with Crippen LogP contribution in [-0.2, 0) is 0 Å². The Kier molecular flexibility index (Phi) is 3.88. The first-order valence-electron chi connectivity index (χ1n) is 4.39. The summed E-state index contributed by atoms with van der Waals surface area (Å²) in [6.07, 6.45) is -2.23. The average molecular weight is 178 g/mol. The van der Waals surface area contributed by atoms with E-state index in [1.165, 1.54) is 0 Å². The zero-order chi connectivity index (χ0) is 8.97. The van der Waals surface area contributed by atoms with Crippen molar-refractivity contribution in [2.24, 2.45) is 11.8 Å². The number of nitrogens with one attached hydrogen (secondary N) is 2. The average Bonchev–Trinajstić information content (AvgIpc) is 2.36. The third-order valence-electron chi connectivity index (χ3n) is 2.38. The van der Waals surface area contributed by atoms with Crippen LogP contribution in [0, 0.1) is 11.8 Å². The maximum Gasteiger partial charge on any atom is 0.250 e. The van der Waals surface area contributed by atoms with Crippen molar-refractivity contribution in [3.05, 3.63) is 0 Å². The van der Waals surface area contributed by atoms with E-state index >= 15 is 0 Å². The Bertz CT molecular complexity index is 130. The Hall–Kier alpha value is -0.220. The molecule has 0 aliphatic carbocycles. The monoisotopic (exact) mass is 178 g/mol. The predicted molar refractivity (Wildman–Crippen MR) is 44.4 cm³/mol. The van der Waals surface area contributed by atoms with Crippen molar-refractivity contribution in [2.45, 2.75) is 13.3 Å². The molecule has 0 aromatic heterocycles. The van der Waals surface area contributed by atoms with E-state index in [0.29, 0.717) is 18.4 Å². The van der Waals surface area contributed by atoms with Crippen LogP contribution in [0.15, 0.2) is 0 Å². The smallest absolute Gasteiger partial charge is 0.250 e. The van der Waals surface area contributed by atoms with Gasteiger partial charge in [0.05, 0.1) is 6.54 Å². The van der Waals surface area contributed by atoms with Gasteiger partial charge in [-0.3, -0.25) is 0 Å². The SMILES string of the molecule is C[C@@H]1CNC[C@H]1CNCC(F)F. The Morgan fingerprint density at radius 1 is 1.50 bits per heavy atom. The summed E-state index contributed by atoms with van der Waals surface area (Å²) in [7, 11) is 0. The lowest BCUT2D eigenvalue weighted by Gasteiger charge is -2.14. The van der Waals surface area contributed by atoms with Crippen LogP contribution in [-0.4, -0.2) is 32.6 Å². The van der Waals surface area contributed by atoms with E-state index in [1.807, 2.05) is 0 Å². The molecule has 0 amide bonds. The van der Waals surface area contributed by atoms with Crippen molar-refractivity contribution in [3.8, 4) is 0 Å². The first-order chi connectivity index (χ1) is 5.70. The van der Waals surface area contributed by atoms with Gasteiger partial charge in [-0.05, 0) is 31.5 Å². The summed E-state index contributed by atoms with van der Waals surface area (Å²) in [5, 5.41) is 6.00. The fourth-order valence-corrected chi connectivity index (χ4v) is 1.52. The summed E-state index contributed by atoms with van der Waals surface area (Å²) in [6.45, 7) is 4.65. The highest BCUT2D eigenvalue weighted by Gasteiger charge is 2.22. The van der Waals surface area contributed by atoms with Gasteiger partial charge in [0.2, 0.25) is 0 Å². The molecule has 1 fully saturated rings. The molecule has 2 N–H and O–H groups in total. The van der Waals surface area contributed by atoms with Gasteiger partial charge in [0, 0.05) is 0 Å². The highest BCUT2D eigenvalue weighted by Crippen LogP contribution is 2.14. The van der Waals surface area contributed by atoms with Gasteiger partial charge < -0.3 is 10.6 Å². The highest BCUT2D eigenvalue weighted by atomic mass is 19.3. The molecular weight excluding hydrogens is 162 g/mol. The van der Waals surface area contributed by atoms with Gasteiger partial charge >= 0.3 is 0 Å². The van der Waals surface area contributed by atoms with E-state index in [9.17, 15) is 8.78 Å². The lowest BCUT2D eigenvalue weighted by molar-refractivity contribution is 0.143. The van der Waals surface area contributed by atoms with Crippen LogP contribution in [0.25, 0.3) is 0 Å². The molecule has 1 saturated heterocycles. The minimum atomic E-state index is -2.23. The van der Waals surface area contributed by atoms with Gasteiger partial charge in [0.1, 0.15) is 0 Å². The molecule has 1 aliphatic heterocycles. The van der Waals surface area contributed by atoms with Crippen LogP contribution < -0.4 is 10.6 Å². The number of halogens is 2. The van der Waals surface area contributed by atoms with Crippen LogP contribution in [0.1, 0.15) is 6.92 Å². The van der Waals surface area contributed by atoms with Crippen LogP contribution in [0.4, 0.5) is 8.78 Å². The van der Waals surface area contributed by atoms with E-state index in [1.54, 1.807) is 0 Å². The molecule has 0 aromatic carbocycles. The largest absolute Gasteiger partial charge is 0.316 e. The van der Waals surface area contributed by atoms with Crippen molar-refractivity contribution in [3.63, 3.8) is 0 Å². The molecule has 2 nitrogen and oxygen atoms in total. The first kappa shape index (κ1) is 9.86. The van der Waals surface area contributed by atoms with Crippen molar-refractivity contribution >= 4 is 0 Å². The molecule has 0 radical (unpaired) electrons. The zero-order valence-corrected chi connectivity index (χ0v) is 7.32. The normalized spacial score (nSPS) is 30.0. The summed E-state index contributed by atoms with van der Waals surface area (Å²) in [5.41, 5.74) is 0. The third-order valence-corrected chi connectivity index (χ3v) is 2.38. The van der Waals surface area contributed by atoms with Crippen LogP contribution in [0.2, 0.25) is 0 Å². The quantitative estimate of drug-likeness (QED) is 0.662. The minimum Gasteiger partial charge on any atom is -0.316 e. The summed E-state index contributed by atoms with van der Waals surface area (Å²) in [4.78, 5) is 0.